The zero-order valence-electron chi connectivity index (χ0n) is 9.15. The minimum atomic E-state index is -4.43. The number of nitrogens with two attached hydrogens (primary N) is 1. The van der Waals surface area contributed by atoms with Crippen molar-refractivity contribution in [1.29, 1.82) is 0 Å². The fraction of sp³-hybridized carbons (Fsp3) is 0.500. The summed E-state index contributed by atoms with van der Waals surface area (Å²) in [5.74, 6) is -0.595. The molecule has 2 N–H and O–H groups in total. The lowest BCUT2D eigenvalue weighted by atomic mass is 10.0. The molecule has 0 heterocycles. The van der Waals surface area contributed by atoms with Gasteiger partial charge in [-0.15, -0.1) is 0 Å². The Kier molecular flexibility index (Phi) is 2.89. The summed E-state index contributed by atoms with van der Waals surface area (Å²) in [6, 6.07) is 2.50. The first-order valence-corrected chi connectivity index (χ1v) is 5.45. The Labute approximate surface area is 96.6 Å². The molecule has 1 nitrogen and oxygen atoms in total. The summed E-state index contributed by atoms with van der Waals surface area (Å²) in [5, 5.41) is 0. The van der Waals surface area contributed by atoms with E-state index >= 15 is 0 Å². The van der Waals surface area contributed by atoms with Crippen LogP contribution < -0.4 is 5.73 Å². The third-order valence-electron chi connectivity index (χ3n) is 3.16. The van der Waals surface area contributed by atoms with Crippen LogP contribution in [0.15, 0.2) is 18.2 Å². The normalized spacial score (nSPS) is 18.2. The SMILES string of the molecule is NC1(CCc2cc(C(F)(F)F)ccc2F)CC1. The van der Waals surface area contributed by atoms with Crippen molar-refractivity contribution in [3.05, 3.63) is 35.1 Å². The van der Waals surface area contributed by atoms with Crippen molar-refractivity contribution >= 4 is 0 Å². The molecule has 0 bridgehead atoms. The molecule has 1 aromatic rings. The van der Waals surface area contributed by atoms with E-state index < -0.39 is 17.6 Å². The van der Waals surface area contributed by atoms with Crippen LogP contribution in [0.2, 0.25) is 0 Å². The second-order valence-electron chi connectivity index (χ2n) is 4.67. The zero-order valence-corrected chi connectivity index (χ0v) is 9.15. The number of aryl methyl sites for hydroxylation is 1. The van der Waals surface area contributed by atoms with E-state index in [1.165, 1.54) is 0 Å². The average Bonchev–Trinajstić information content (AvgIpc) is 2.94. The highest BCUT2D eigenvalue weighted by molar-refractivity contribution is 5.27. The number of halogens is 4. The van der Waals surface area contributed by atoms with E-state index in [9.17, 15) is 17.6 Å². The molecule has 1 saturated carbocycles. The average molecular weight is 247 g/mol. The lowest BCUT2D eigenvalue weighted by Crippen LogP contribution is -2.22. The Bertz CT molecular complexity index is 421. The van der Waals surface area contributed by atoms with Crippen LogP contribution in [0.25, 0.3) is 0 Å². The van der Waals surface area contributed by atoms with Gasteiger partial charge in [-0.05, 0) is 49.4 Å². The molecule has 0 atom stereocenters. The predicted molar refractivity (Wildman–Crippen MR) is 55.9 cm³/mol. The van der Waals surface area contributed by atoms with Gasteiger partial charge in [0.2, 0.25) is 0 Å². The molecule has 17 heavy (non-hydrogen) atoms. The smallest absolute Gasteiger partial charge is 0.325 e. The van der Waals surface area contributed by atoms with E-state index in [-0.39, 0.29) is 17.5 Å². The predicted octanol–water partition coefficient (Wildman–Crippen LogP) is 3.27. The highest BCUT2D eigenvalue weighted by Crippen LogP contribution is 2.37. The van der Waals surface area contributed by atoms with Crippen molar-refractivity contribution < 1.29 is 17.6 Å². The maximum atomic E-state index is 13.3. The van der Waals surface area contributed by atoms with Crippen LogP contribution in [0, 0.1) is 5.82 Å². The molecule has 1 aromatic carbocycles. The number of benzene rings is 1. The first kappa shape index (κ1) is 12.4. The Morgan fingerprint density at radius 3 is 2.41 bits per heavy atom. The molecule has 0 spiro atoms. The standard InChI is InChI=1S/C12H13F4N/c13-10-2-1-9(12(14,15)16)7-8(10)3-4-11(17)5-6-11/h1-2,7H,3-6,17H2. The van der Waals surface area contributed by atoms with Gasteiger partial charge in [-0.1, -0.05) is 0 Å². The van der Waals surface area contributed by atoms with E-state index in [1.807, 2.05) is 0 Å². The lowest BCUT2D eigenvalue weighted by molar-refractivity contribution is -0.137. The van der Waals surface area contributed by atoms with Crippen molar-refractivity contribution in [1.82, 2.24) is 0 Å². The second-order valence-corrected chi connectivity index (χ2v) is 4.67. The number of hydrogen-bond acceptors (Lipinski definition) is 1. The van der Waals surface area contributed by atoms with E-state index in [0.717, 1.165) is 31.0 Å². The van der Waals surface area contributed by atoms with Gasteiger partial charge in [0.25, 0.3) is 0 Å². The molecular formula is C12H13F4N. The van der Waals surface area contributed by atoms with Crippen molar-refractivity contribution in [3.63, 3.8) is 0 Å². The molecule has 0 aromatic heterocycles. The van der Waals surface area contributed by atoms with Crippen LogP contribution in [-0.4, -0.2) is 5.54 Å². The topological polar surface area (TPSA) is 26.0 Å². The first-order valence-electron chi connectivity index (χ1n) is 5.45. The number of rotatable bonds is 3. The molecule has 0 radical (unpaired) electrons. The molecule has 94 valence electrons. The molecule has 0 amide bonds. The molecule has 5 heteroatoms. The highest BCUT2D eigenvalue weighted by Gasteiger charge is 2.37. The summed E-state index contributed by atoms with van der Waals surface area (Å²) < 4.78 is 50.7. The van der Waals surface area contributed by atoms with Gasteiger partial charge in [0, 0.05) is 5.54 Å². The van der Waals surface area contributed by atoms with Crippen molar-refractivity contribution in [2.45, 2.75) is 37.4 Å². The van der Waals surface area contributed by atoms with Crippen molar-refractivity contribution in [2.75, 3.05) is 0 Å². The third-order valence-corrected chi connectivity index (χ3v) is 3.16. The molecular weight excluding hydrogens is 234 g/mol. The van der Waals surface area contributed by atoms with E-state index in [2.05, 4.69) is 0 Å². The Morgan fingerprint density at radius 1 is 1.24 bits per heavy atom. The second kappa shape index (κ2) is 3.98. The summed E-state index contributed by atoms with van der Waals surface area (Å²) in [7, 11) is 0. The highest BCUT2D eigenvalue weighted by atomic mass is 19.4. The molecule has 1 aliphatic rings. The fourth-order valence-electron chi connectivity index (χ4n) is 1.74. The quantitative estimate of drug-likeness (QED) is 0.815. The van der Waals surface area contributed by atoms with Gasteiger partial charge in [0.1, 0.15) is 5.82 Å². The van der Waals surface area contributed by atoms with E-state index in [4.69, 9.17) is 5.73 Å². The summed E-state index contributed by atoms with van der Waals surface area (Å²) in [4.78, 5) is 0. The summed E-state index contributed by atoms with van der Waals surface area (Å²) in [6.07, 6.45) is -1.90. The fourth-order valence-corrected chi connectivity index (χ4v) is 1.74. The van der Waals surface area contributed by atoms with Crippen LogP contribution in [0.3, 0.4) is 0 Å². The van der Waals surface area contributed by atoms with Gasteiger partial charge < -0.3 is 5.73 Å². The van der Waals surface area contributed by atoms with Crippen LogP contribution >= 0.6 is 0 Å². The van der Waals surface area contributed by atoms with Crippen molar-refractivity contribution in [3.8, 4) is 0 Å². The van der Waals surface area contributed by atoms with Crippen LogP contribution in [0.5, 0.6) is 0 Å². The van der Waals surface area contributed by atoms with Gasteiger partial charge in [0.05, 0.1) is 5.56 Å². The van der Waals surface area contributed by atoms with Gasteiger partial charge in [-0.25, -0.2) is 4.39 Å². The molecule has 1 aliphatic carbocycles. The molecule has 0 saturated heterocycles. The maximum Gasteiger partial charge on any atom is 0.416 e. The van der Waals surface area contributed by atoms with Gasteiger partial charge in [-0.3, -0.25) is 0 Å². The summed E-state index contributed by atoms with van der Waals surface area (Å²) in [5.41, 5.74) is 4.83. The number of alkyl halides is 3. The van der Waals surface area contributed by atoms with Gasteiger partial charge in [-0.2, -0.15) is 13.2 Å². The van der Waals surface area contributed by atoms with Crippen LogP contribution in [0.1, 0.15) is 30.4 Å². The van der Waals surface area contributed by atoms with Gasteiger partial charge in [0.15, 0.2) is 0 Å². The largest absolute Gasteiger partial charge is 0.416 e. The lowest BCUT2D eigenvalue weighted by Gasteiger charge is -2.12. The maximum absolute atomic E-state index is 13.3. The molecule has 2 rings (SSSR count). The zero-order chi connectivity index (χ0) is 12.7. The monoisotopic (exact) mass is 247 g/mol. The minimum absolute atomic E-state index is 0.0940. The van der Waals surface area contributed by atoms with Crippen LogP contribution in [-0.2, 0) is 12.6 Å². The van der Waals surface area contributed by atoms with Crippen molar-refractivity contribution in [2.24, 2.45) is 5.73 Å². The molecule has 0 unspecified atom stereocenters. The minimum Gasteiger partial charge on any atom is -0.325 e. The number of hydrogen-bond donors (Lipinski definition) is 1. The Morgan fingerprint density at radius 2 is 1.88 bits per heavy atom. The third kappa shape index (κ3) is 2.97. The summed E-state index contributed by atoms with van der Waals surface area (Å²) in [6.45, 7) is 0. The van der Waals surface area contributed by atoms with Crippen LogP contribution in [0.4, 0.5) is 17.6 Å². The van der Waals surface area contributed by atoms with E-state index in [0.29, 0.717) is 6.42 Å². The molecule has 1 fully saturated rings. The first-order chi connectivity index (χ1) is 7.80. The van der Waals surface area contributed by atoms with Gasteiger partial charge >= 0.3 is 6.18 Å². The Balaban J connectivity index is 2.14. The van der Waals surface area contributed by atoms with E-state index in [1.54, 1.807) is 0 Å². The summed E-state index contributed by atoms with van der Waals surface area (Å²) >= 11 is 0. The Hall–Kier alpha value is -1.10. The molecule has 0 aliphatic heterocycles.